The Kier molecular flexibility index (Phi) is 4.15. The Morgan fingerprint density at radius 1 is 0.957 bits per heavy atom. The van der Waals surface area contributed by atoms with Crippen LogP contribution in [0.3, 0.4) is 0 Å². The summed E-state index contributed by atoms with van der Waals surface area (Å²) >= 11 is 0. The minimum atomic E-state index is -0.175. The van der Waals surface area contributed by atoms with Crippen LogP contribution in [0, 0.1) is 13.8 Å². The quantitative estimate of drug-likeness (QED) is 0.742. The van der Waals surface area contributed by atoms with Crippen LogP contribution in [0.2, 0.25) is 0 Å². The topological polar surface area (TPSA) is 51.5 Å². The molecule has 1 N–H and O–H groups in total. The number of para-hydroxylation sites is 1. The molecule has 0 aliphatic heterocycles. The molecule has 2 aromatic carbocycles. The predicted molar refractivity (Wildman–Crippen MR) is 89.1 cm³/mol. The van der Waals surface area contributed by atoms with Gasteiger partial charge in [0, 0.05) is 11.3 Å². The molecule has 3 aromatic rings. The normalized spacial score (nSPS) is 10.3. The van der Waals surface area contributed by atoms with Crippen LogP contribution in [-0.4, -0.2) is 5.91 Å². The first-order valence-electron chi connectivity index (χ1n) is 7.32. The fraction of sp³-hybridized carbons (Fsp3) is 0.105. The van der Waals surface area contributed by atoms with Crippen molar-refractivity contribution in [3.8, 4) is 11.5 Å². The van der Waals surface area contributed by atoms with E-state index in [-0.39, 0.29) is 5.91 Å². The van der Waals surface area contributed by atoms with Gasteiger partial charge < -0.3 is 14.5 Å². The third-order valence-corrected chi connectivity index (χ3v) is 3.48. The standard InChI is InChI=1S/C19H17NO3/c1-13-12-22-14(2)18(13)19(21)20-15-8-10-17(11-9-15)23-16-6-4-3-5-7-16/h3-12H,1-2H3,(H,20,21). The van der Waals surface area contributed by atoms with Crippen molar-refractivity contribution in [2.75, 3.05) is 5.32 Å². The van der Waals surface area contributed by atoms with E-state index in [1.54, 1.807) is 25.3 Å². The van der Waals surface area contributed by atoms with Crippen molar-refractivity contribution in [1.29, 1.82) is 0 Å². The maximum Gasteiger partial charge on any atom is 0.259 e. The molecule has 0 saturated heterocycles. The van der Waals surface area contributed by atoms with E-state index in [2.05, 4.69) is 5.32 Å². The first-order chi connectivity index (χ1) is 11.1. The molecule has 116 valence electrons. The fourth-order valence-electron chi connectivity index (χ4n) is 2.34. The number of anilines is 1. The van der Waals surface area contributed by atoms with Gasteiger partial charge in [0.1, 0.15) is 17.3 Å². The molecule has 1 heterocycles. The number of carbonyl (C=O) groups excluding carboxylic acids is 1. The number of aryl methyl sites for hydroxylation is 2. The van der Waals surface area contributed by atoms with Gasteiger partial charge >= 0.3 is 0 Å². The average Bonchev–Trinajstić information content (AvgIpc) is 2.89. The van der Waals surface area contributed by atoms with Crippen molar-refractivity contribution in [2.24, 2.45) is 0 Å². The van der Waals surface area contributed by atoms with E-state index in [1.165, 1.54) is 0 Å². The zero-order valence-corrected chi connectivity index (χ0v) is 13.0. The molecule has 0 fully saturated rings. The highest BCUT2D eigenvalue weighted by Crippen LogP contribution is 2.23. The number of hydrogen-bond acceptors (Lipinski definition) is 3. The van der Waals surface area contributed by atoms with E-state index < -0.39 is 0 Å². The first kappa shape index (κ1) is 14.9. The highest BCUT2D eigenvalue weighted by Gasteiger charge is 2.15. The lowest BCUT2D eigenvalue weighted by Crippen LogP contribution is -2.13. The number of carbonyl (C=O) groups is 1. The van der Waals surface area contributed by atoms with E-state index in [1.807, 2.05) is 49.4 Å². The van der Waals surface area contributed by atoms with E-state index in [0.29, 0.717) is 22.8 Å². The summed E-state index contributed by atoms with van der Waals surface area (Å²) in [7, 11) is 0. The number of hydrogen-bond donors (Lipinski definition) is 1. The molecule has 0 radical (unpaired) electrons. The summed E-state index contributed by atoms with van der Waals surface area (Å²) in [5.74, 6) is 1.92. The number of rotatable bonds is 4. The zero-order valence-electron chi connectivity index (χ0n) is 13.0. The van der Waals surface area contributed by atoms with Crippen LogP contribution in [0.15, 0.2) is 65.3 Å². The van der Waals surface area contributed by atoms with Gasteiger partial charge in [-0.25, -0.2) is 0 Å². The third-order valence-electron chi connectivity index (χ3n) is 3.48. The molecular formula is C19H17NO3. The summed E-state index contributed by atoms with van der Waals surface area (Å²) in [6.07, 6.45) is 1.58. The molecule has 0 unspecified atom stereocenters. The molecular weight excluding hydrogens is 290 g/mol. The summed E-state index contributed by atoms with van der Waals surface area (Å²) in [6, 6.07) is 16.8. The second kappa shape index (κ2) is 6.40. The lowest BCUT2D eigenvalue weighted by molar-refractivity contribution is 0.102. The smallest absolute Gasteiger partial charge is 0.259 e. The van der Waals surface area contributed by atoms with Crippen molar-refractivity contribution < 1.29 is 13.9 Å². The highest BCUT2D eigenvalue weighted by molar-refractivity contribution is 6.05. The third kappa shape index (κ3) is 3.43. The van der Waals surface area contributed by atoms with Gasteiger partial charge in [0.05, 0.1) is 11.8 Å². The van der Waals surface area contributed by atoms with Gasteiger partial charge in [-0.3, -0.25) is 4.79 Å². The van der Waals surface area contributed by atoms with Gasteiger partial charge in [-0.05, 0) is 50.2 Å². The van der Waals surface area contributed by atoms with E-state index in [4.69, 9.17) is 9.15 Å². The van der Waals surface area contributed by atoms with Crippen molar-refractivity contribution in [3.05, 3.63) is 77.7 Å². The number of ether oxygens (including phenoxy) is 1. The van der Waals surface area contributed by atoms with Gasteiger partial charge in [-0.15, -0.1) is 0 Å². The average molecular weight is 307 g/mol. The summed E-state index contributed by atoms with van der Waals surface area (Å²) in [6.45, 7) is 3.63. The van der Waals surface area contributed by atoms with Gasteiger partial charge in [0.15, 0.2) is 0 Å². The maximum atomic E-state index is 12.3. The number of amides is 1. The Balaban J connectivity index is 1.69. The van der Waals surface area contributed by atoms with Gasteiger partial charge in [0.25, 0.3) is 5.91 Å². The second-order valence-corrected chi connectivity index (χ2v) is 5.24. The lowest BCUT2D eigenvalue weighted by atomic mass is 10.1. The monoisotopic (exact) mass is 307 g/mol. The molecule has 0 bridgehead atoms. The van der Waals surface area contributed by atoms with Crippen molar-refractivity contribution in [1.82, 2.24) is 0 Å². The number of nitrogens with one attached hydrogen (secondary N) is 1. The van der Waals surface area contributed by atoms with Crippen LogP contribution in [0.5, 0.6) is 11.5 Å². The van der Waals surface area contributed by atoms with Crippen LogP contribution in [0.4, 0.5) is 5.69 Å². The maximum absolute atomic E-state index is 12.3. The van der Waals surface area contributed by atoms with E-state index in [0.717, 1.165) is 11.3 Å². The molecule has 0 spiro atoms. The lowest BCUT2D eigenvalue weighted by Gasteiger charge is -2.08. The summed E-state index contributed by atoms with van der Waals surface area (Å²) < 4.78 is 11.0. The minimum Gasteiger partial charge on any atom is -0.469 e. The van der Waals surface area contributed by atoms with Crippen molar-refractivity contribution >= 4 is 11.6 Å². The van der Waals surface area contributed by atoms with Gasteiger partial charge in [-0.2, -0.15) is 0 Å². The zero-order chi connectivity index (χ0) is 16.2. The van der Waals surface area contributed by atoms with Crippen molar-refractivity contribution in [3.63, 3.8) is 0 Å². The second-order valence-electron chi connectivity index (χ2n) is 5.24. The van der Waals surface area contributed by atoms with E-state index in [9.17, 15) is 4.79 Å². The van der Waals surface area contributed by atoms with Crippen LogP contribution in [-0.2, 0) is 0 Å². The molecule has 1 amide bonds. The summed E-state index contributed by atoms with van der Waals surface area (Å²) in [5.41, 5.74) is 2.11. The SMILES string of the molecule is Cc1coc(C)c1C(=O)Nc1ccc(Oc2ccccc2)cc1. The fourth-order valence-corrected chi connectivity index (χ4v) is 2.34. The summed E-state index contributed by atoms with van der Waals surface area (Å²) in [4.78, 5) is 12.3. The van der Waals surface area contributed by atoms with Crippen LogP contribution >= 0.6 is 0 Å². The molecule has 23 heavy (non-hydrogen) atoms. The van der Waals surface area contributed by atoms with Crippen LogP contribution in [0.1, 0.15) is 21.7 Å². The number of benzene rings is 2. The Hall–Kier alpha value is -3.01. The Bertz CT molecular complexity index is 785. The van der Waals surface area contributed by atoms with Crippen molar-refractivity contribution in [2.45, 2.75) is 13.8 Å². The largest absolute Gasteiger partial charge is 0.469 e. The molecule has 0 atom stereocenters. The summed E-state index contributed by atoms with van der Waals surface area (Å²) in [5, 5.41) is 2.86. The Labute approximate surface area is 134 Å². The van der Waals surface area contributed by atoms with Gasteiger partial charge in [0.2, 0.25) is 0 Å². The molecule has 0 saturated carbocycles. The predicted octanol–water partition coefficient (Wildman–Crippen LogP) is 4.94. The molecule has 0 aliphatic carbocycles. The molecule has 0 aliphatic rings. The number of furan rings is 1. The highest BCUT2D eigenvalue weighted by atomic mass is 16.5. The molecule has 3 rings (SSSR count). The molecule has 4 heteroatoms. The Morgan fingerprint density at radius 3 is 2.22 bits per heavy atom. The van der Waals surface area contributed by atoms with Crippen LogP contribution in [0.25, 0.3) is 0 Å². The molecule has 4 nitrogen and oxygen atoms in total. The minimum absolute atomic E-state index is 0.175. The van der Waals surface area contributed by atoms with Crippen LogP contribution < -0.4 is 10.1 Å². The first-order valence-corrected chi connectivity index (χ1v) is 7.32. The van der Waals surface area contributed by atoms with Gasteiger partial charge in [-0.1, -0.05) is 18.2 Å². The molecule has 1 aromatic heterocycles. The Morgan fingerprint density at radius 2 is 1.61 bits per heavy atom. The van der Waals surface area contributed by atoms with E-state index >= 15 is 0 Å².